The third-order valence-corrected chi connectivity index (χ3v) is 2.40. The van der Waals surface area contributed by atoms with Gasteiger partial charge in [0.1, 0.15) is 0 Å². The van der Waals surface area contributed by atoms with Crippen LogP contribution in [0.5, 0.6) is 0 Å². The van der Waals surface area contributed by atoms with E-state index in [1.54, 1.807) is 0 Å². The summed E-state index contributed by atoms with van der Waals surface area (Å²) in [7, 11) is -2.50. The molecule has 0 unspecified atom stereocenters. The lowest BCUT2D eigenvalue weighted by atomic mass is 9.91. The van der Waals surface area contributed by atoms with Crippen molar-refractivity contribution < 1.29 is 8.42 Å². The lowest BCUT2D eigenvalue weighted by molar-refractivity contribution is 0.167. The van der Waals surface area contributed by atoms with Crippen LogP contribution in [0.4, 0.5) is 0 Å². The number of hydrogen-bond donors (Lipinski definition) is 2. The predicted octanol–water partition coefficient (Wildman–Crippen LogP) is -1.56. The Morgan fingerprint density at radius 2 is 2.18 bits per heavy atom. The number of thiol groups is 1. The zero-order valence-electron chi connectivity index (χ0n) is 5.86. The first-order valence-electron chi connectivity index (χ1n) is 3.12. The molecule has 1 aliphatic heterocycles. The third-order valence-electron chi connectivity index (χ3n) is 1.66. The van der Waals surface area contributed by atoms with Gasteiger partial charge in [-0.1, -0.05) is 0 Å². The predicted molar refractivity (Wildman–Crippen MR) is 39.0 cm³/mol. The molecule has 2 N–H and O–H groups in total. The van der Waals surface area contributed by atoms with E-state index in [2.05, 4.69) is 0 Å². The van der Waals surface area contributed by atoms with Crippen LogP contribution >= 0.6 is 0 Å². The van der Waals surface area contributed by atoms with E-state index < -0.39 is 16.4 Å². The zero-order chi connectivity index (χ0) is 8.48. The molecule has 1 rings (SSSR count). The first kappa shape index (κ1) is 8.46. The van der Waals surface area contributed by atoms with Crippen molar-refractivity contribution in [3.63, 3.8) is 0 Å². The topological polar surface area (TPSA) is 87.2 Å². The van der Waals surface area contributed by atoms with Crippen molar-refractivity contribution in [2.45, 2.75) is 12.0 Å². The Balaban J connectivity index is 2.45. The molecule has 6 heteroatoms. The second-order valence-electron chi connectivity index (χ2n) is 2.76. The van der Waals surface area contributed by atoms with E-state index >= 15 is 0 Å². The Morgan fingerprint density at radius 1 is 1.64 bits per heavy atom. The standard InChI is InChI=1S/C5H9N3O2S/c6-2-1-5(7)3-8(4-5)11(9)10/h11H,1,3-4,7H2. The molecule has 0 spiro atoms. The summed E-state index contributed by atoms with van der Waals surface area (Å²) in [6, 6.07) is 1.92. The Labute approximate surface area is 66.5 Å². The van der Waals surface area contributed by atoms with Gasteiger partial charge in [-0.2, -0.15) is 5.26 Å². The molecule has 0 radical (unpaired) electrons. The van der Waals surface area contributed by atoms with Crippen molar-refractivity contribution in [1.29, 1.82) is 5.26 Å². The van der Waals surface area contributed by atoms with Crippen LogP contribution in [0, 0.1) is 11.3 Å². The maximum Gasteiger partial charge on any atom is 0.204 e. The summed E-state index contributed by atoms with van der Waals surface area (Å²) in [5.41, 5.74) is 5.02. The lowest BCUT2D eigenvalue weighted by Crippen LogP contribution is -2.66. The minimum Gasteiger partial charge on any atom is -0.322 e. The minimum atomic E-state index is -2.50. The van der Waals surface area contributed by atoms with Crippen molar-refractivity contribution in [2.75, 3.05) is 13.1 Å². The number of nitriles is 1. The quantitative estimate of drug-likeness (QED) is 0.497. The first-order valence-corrected chi connectivity index (χ1v) is 4.25. The number of nitrogens with zero attached hydrogens (tertiary/aromatic N) is 2. The summed E-state index contributed by atoms with van der Waals surface area (Å²) >= 11 is 0. The monoisotopic (exact) mass is 175 g/mol. The van der Waals surface area contributed by atoms with Crippen LogP contribution in [0.25, 0.3) is 0 Å². The Morgan fingerprint density at radius 3 is 2.55 bits per heavy atom. The summed E-state index contributed by atoms with van der Waals surface area (Å²) < 4.78 is 21.8. The fraction of sp³-hybridized carbons (Fsp3) is 0.800. The average Bonchev–Trinajstić information content (AvgIpc) is 1.82. The molecule has 1 heterocycles. The molecule has 0 aromatic heterocycles. The van der Waals surface area contributed by atoms with Gasteiger partial charge in [0.25, 0.3) is 0 Å². The fourth-order valence-corrected chi connectivity index (χ4v) is 1.86. The normalized spacial score (nSPS) is 22.6. The maximum absolute atomic E-state index is 10.3. The summed E-state index contributed by atoms with van der Waals surface area (Å²) in [4.78, 5) is 0. The maximum atomic E-state index is 10.3. The summed E-state index contributed by atoms with van der Waals surface area (Å²) in [5, 5.41) is 8.29. The smallest absolute Gasteiger partial charge is 0.204 e. The molecule has 0 aromatic carbocycles. The van der Waals surface area contributed by atoms with Gasteiger partial charge in [-0.15, -0.1) is 0 Å². The highest BCUT2D eigenvalue weighted by Gasteiger charge is 2.40. The molecule has 0 aliphatic carbocycles. The Hall–Kier alpha value is -0.640. The third kappa shape index (κ3) is 1.68. The van der Waals surface area contributed by atoms with Crippen molar-refractivity contribution in [3.05, 3.63) is 0 Å². The number of rotatable bonds is 2. The van der Waals surface area contributed by atoms with Gasteiger partial charge in [0, 0.05) is 13.1 Å². The minimum absolute atomic E-state index is 0.215. The average molecular weight is 175 g/mol. The molecule has 0 amide bonds. The van der Waals surface area contributed by atoms with Crippen LogP contribution in [0.15, 0.2) is 0 Å². The van der Waals surface area contributed by atoms with Crippen LogP contribution < -0.4 is 5.73 Å². The molecule has 1 aliphatic rings. The van der Waals surface area contributed by atoms with Crippen LogP contribution in [0.2, 0.25) is 0 Å². The van der Waals surface area contributed by atoms with E-state index in [1.165, 1.54) is 4.31 Å². The highest BCUT2D eigenvalue weighted by atomic mass is 32.2. The summed E-state index contributed by atoms with van der Waals surface area (Å²) in [6.45, 7) is 0.554. The van der Waals surface area contributed by atoms with Crippen LogP contribution in [0.3, 0.4) is 0 Å². The van der Waals surface area contributed by atoms with Gasteiger partial charge in [-0.3, -0.25) is 0 Å². The van der Waals surface area contributed by atoms with Gasteiger partial charge in [0.05, 0.1) is 18.0 Å². The molecule has 1 fully saturated rings. The molecule has 0 atom stereocenters. The SMILES string of the molecule is N#CCC1(N)CN([SH](=O)=O)C1. The van der Waals surface area contributed by atoms with E-state index in [0.717, 1.165) is 0 Å². The highest BCUT2D eigenvalue weighted by molar-refractivity contribution is 7.69. The second kappa shape index (κ2) is 2.77. The van der Waals surface area contributed by atoms with E-state index in [1.807, 2.05) is 6.07 Å². The van der Waals surface area contributed by atoms with Gasteiger partial charge in [-0.25, -0.2) is 12.7 Å². The molecular formula is C5H9N3O2S. The highest BCUT2D eigenvalue weighted by Crippen LogP contribution is 2.20. The van der Waals surface area contributed by atoms with E-state index in [0.29, 0.717) is 0 Å². The van der Waals surface area contributed by atoms with Crippen molar-refractivity contribution >= 4 is 10.9 Å². The molecule has 0 saturated carbocycles. The largest absolute Gasteiger partial charge is 0.322 e. The summed E-state index contributed by atoms with van der Waals surface area (Å²) in [5.74, 6) is 0. The number of nitrogens with two attached hydrogens (primary N) is 1. The molecule has 5 nitrogen and oxygen atoms in total. The van der Waals surface area contributed by atoms with Crippen LogP contribution in [0.1, 0.15) is 6.42 Å². The summed E-state index contributed by atoms with van der Waals surface area (Å²) in [6.07, 6.45) is 0.215. The fourth-order valence-electron chi connectivity index (χ4n) is 1.07. The molecule has 0 bridgehead atoms. The first-order chi connectivity index (χ1) is 5.07. The molecule has 0 aromatic rings. The molecule has 62 valence electrons. The van der Waals surface area contributed by atoms with E-state index in [9.17, 15) is 8.42 Å². The second-order valence-corrected chi connectivity index (χ2v) is 3.80. The van der Waals surface area contributed by atoms with E-state index in [-0.39, 0.29) is 19.5 Å². The van der Waals surface area contributed by atoms with Gasteiger partial charge in [0.15, 0.2) is 0 Å². The van der Waals surface area contributed by atoms with Crippen LogP contribution in [-0.2, 0) is 10.9 Å². The van der Waals surface area contributed by atoms with Crippen molar-refractivity contribution in [1.82, 2.24) is 4.31 Å². The number of hydrogen-bond acceptors (Lipinski definition) is 4. The Bertz CT molecular complexity index is 253. The van der Waals surface area contributed by atoms with Crippen molar-refractivity contribution in [3.8, 4) is 6.07 Å². The van der Waals surface area contributed by atoms with Crippen molar-refractivity contribution in [2.24, 2.45) is 5.73 Å². The van der Waals surface area contributed by atoms with E-state index in [4.69, 9.17) is 11.0 Å². The van der Waals surface area contributed by atoms with Gasteiger partial charge in [0.2, 0.25) is 10.9 Å². The molecule has 1 saturated heterocycles. The van der Waals surface area contributed by atoms with Crippen LogP contribution in [-0.4, -0.2) is 31.4 Å². The molecule has 11 heavy (non-hydrogen) atoms. The zero-order valence-corrected chi connectivity index (χ0v) is 6.75. The lowest BCUT2D eigenvalue weighted by Gasteiger charge is -2.42. The molecular weight excluding hydrogens is 166 g/mol. The van der Waals surface area contributed by atoms with Gasteiger partial charge in [-0.05, 0) is 0 Å². The Kier molecular flexibility index (Phi) is 2.13. The van der Waals surface area contributed by atoms with Gasteiger partial charge >= 0.3 is 0 Å². The van der Waals surface area contributed by atoms with Gasteiger partial charge < -0.3 is 5.73 Å².